The van der Waals surface area contributed by atoms with Gasteiger partial charge in [-0.1, -0.05) is 11.6 Å². The van der Waals surface area contributed by atoms with Gasteiger partial charge in [-0.3, -0.25) is 9.59 Å². The first-order valence-electron chi connectivity index (χ1n) is 6.19. The highest BCUT2D eigenvalue weighted by Gasteiger charge is 2.21. The highest BCUT2D eigenvalue weighted by molar-refractivity contribution is 6.34. The molecule has 0 spiro atoms. The van der Waals surface area contributed by atoms with Gasteiger partial charge in [0.1, 0.15) is 0 Å². The second-order valence-electron chi connectivity index (χ2n) is 4.59. The van der Waals surface area contributed by atoms with Crippen LogP contribution in [0.3, 0.4) is 0 Å². The maximum absolute atomic E-state index is 12.0. The molecule has 0 radical (unpaired) electrons. The molecule has 1 fully saturated rings. The van der Waals surface area contributed by atoms with Gasteiger partial charge < -0.3 is 16.4 Å². The first-order chi connectivity index (χ1) is 9.08. The first kappa shape index (κ1) is 16.8. The van der Waals surface area contributed by atoms with Gasteiger partial charge in [-0.15, -0.1) is 12.4 Å². The molecule has 1 aromatic carbocycles. The van der Waals surface area contributed by atoms with E-state index in [1.807, 2.05) is 0 Å². The third-order valence-corrected chi connectivity index (χ3v) is 3.50. The average Bonchev–Trinajstić information content (AvgIpc) is 2.41. The Bertz CT molecular complexity index is 502. The quantitative estimate of drug-likeness (QED) is 0.794. The highest BCUT2D eigenvalue weighted by atomic mass is 35.5. The summed E-state index contributed by atoms with van der Waals surface area (Å²) >= 11 is 5.85. The third-order valence-electron chi connectivity index (χ3n) is 3.17. The smallest absolute Gasteiger partial charge is 0.250 e. The number of nitrogens with one attached hydrogen (secondary N) is 2. The fourth-order valence-corrected chi connectivity index (χ4v) is 2.32. The van der Waals surface area contributed by atoms with Crippen LogP contribution in [-0.4, -0.2) is 24.9 Å². The predicted molar refractivity (Wildman–Crippen MR) is 81.4 cm³/mol. The molecule has 1 unspecified atom stereocenters. The number of halogens is 2. The molecule has 2 amide bonds. The van der Waals surface area contributed by atoms with Crippen LogP contribution in [0.5, 0.6) is 0 Å². The number of anilines is 1. The molecule has 1 atom stereocenters. The van der Waals surface area contributed by atoms with E-state index in [-0.39, 0.29) is 34.8 Å². The Morgan fingerprint density at radius 3 is 2.75 bits per heavy atom. The fraction of sp³-hybridized carbons (Fsp3) is 0.385. The molecule has 0 saturated carbocycles. The molecule has 5 nitrogen and oxygen atoms in total. The van der Waals surface area contributed by atoms with Crippen LogP contribution in [0.15, 0.2) is 18.2 Å². The topological polar surface area (TPSA) is 84.2 Å². The van der Waals surface area contributed by atoms with Gasteiger partial charge in [-0.25, -0.2) is 0 Å². The van der Waals surface area contributed by atoms with Crippen LogP contribution in [0, 0.1) is 5.92 Å². The van der Waals surface area contributed by atoms with E-state index >= 15 is 0 Å². The van der Waals surface area contributed by atoms with Crippen molar-refractivity contribution in [1.82, 2.24) is 5.32 Å². The molecule has 0 bridgehead atoms. The van der Waals surface area contributed by atoms with Gasteiger partial charge in [0, 0.05) is 12.2 Å². The van der Waals surface area contributed by atoms with E-state index in [9.17, 15) is 9.59 Å². The van der Waals surface area contributed by atoms with Gasteiger partial charge in [-0.05, 0) is 37.6 Å². The van der Waals surface area contributed by atoms with Gasteiger partial charge in [-0.2, -0.15) is 0 Å². The predicted octanol–water partition coefficient (Wildman–Crippen LogP) is 1.80. The number of amides is 2. The molecule has 2 rings (SSSR count). The van der Waals surface area contributed by atoms with Crippen LogP contribution in [0.4, 0.5) is 5.69 Å². The van der Waals surface area contributed by atoms with Crippen molar-refractivity contribution < 1.29 is 9.59 Å². The lowest BCUT2D eigenvalue weighted by molar-refractivity contribution is -0.120. The Labute approximate surface area is 128 Å². The summed E-state index contributed by atoms with van der Waals surface area (Å²) in [4.78, 5) is 23.2. The van der Waals surface area contributed by atoms with Gasteiger partial charge >= 0.3 is 0 Å². The van der Waals surface area contributed by atoms with E-state index in [4.69, 9.17) is 17.3 Å². The number of piperidine rings is 1. The van der Waals surface area contributed by atoms with E-state index in [2.05, 4.69) is 10.6 Å². The molecule has 1 aliphatic rings. The lowest BCUT2D eigenvalue weighted by Gasteiger charge is -2.22. The first-order valence-corrected chi connectivity index (χ1v) is 6.56. The summed E-state index contributed by atoms with van der Waals surface area (Å²) in [6.45, 7) is 1.64. The largest absolute Gasteiger partial charge is 0.366 e. The average molecular weight is 318 g/mol. The van der Waals surface area contributed by atoms with E-state index in [0.29, 0.717) is 12.2 Å². The highest BCUT2D eigenvalue weighted by Crippen LogP contribution is 2.21. The Morgan fingerprint density at radius 2 is 2.15 bits per heavy atom. The Kier molecular flexibility index (Phi) is 6.26. The minimum atomic E-state index is -0.611. The van der Waals surface area contributed by atoms with Gasteiger partial charge in [0.05, 0.1) is 16.5 Å². The molecule has 110 valence electrons. The van der Waals surface area contributed by atoms with Crippen LogP contribution in [-0.2, 0) is 4.79 Å². The molecule has 1 aromatic rings. The van der Waals surface area contributed by atoms with E-state index in [0.717, 1.165) is 19.4 Å². The minimum Gasteiger partial charge on any atom is -0.366 e. The Balaban J connectivity index is 0.00000200. The van der Waals surface area contributed by atoms with Crippen LogP contribution >= 0.6 is 24.0 Å². The van der Waals surface area contributed by atoms with Gasteiger partial charge in [0.15, 0.2) is 0 Å². The van der Waals surface area contributed by atoms with Crippen molar-refractivity contribution in [3.63, 3.8) is 0 Å². The molecule has 1 saturated heterocycles. The normalized spacial score (nSPS) is 17.9. The third kappa shape index (κ3) is 4.10. The van der Waals surface area contributed by atoms with Crippen molar-refractivity contribution in [3.8, 4) is 0 Å². The lowest BCUT2D eigenvalue weighted by Crippen LogP contribution is -2.37. The number of rotatable bonds is 3. The van der Waals surface area contributed by atoms with Gasteiger partial charge in [0.2, 0.25) is 11.8 Å². The van der Waals surface area contributed by atoms with Crippen molar-refractivity contribution in [2.45, 2.75) is 12.8 Å². The Morgan fingerprint density at radius 1 is 1.40 bits per heavy atom. The molecule has 7 heteroatoms. The lowest BCUT2D eigenvalue weighted by atomic mass is 9.99. The number of benzene rings is 1. The van der Waals surface area contributed by atoms with E-state index < -0.39 is 5.91 Å². The van der Waals surface area contributed by atoms with E-state index in [1.165, 1.54) is 6.07 Å². The molecular formula is C13H17Cl2N3O2. The molecule has 0 aromatic heterocycles. The zero-order valence-electron chi connectivity index (χ0n) is 10.8. The number of hydrogen-bond acceptors (Lipinski definition) is 3. The number of carbonyl (C=O) groups is 2. The van der Waals surface area contributed by atoms with Crippen molar-refractivity contribution in [1.29, 1.82) is 0 Å². The maximum atomic E-state index is 12.0. The summed E-state index contributed by atoms with van der Waals surface area (Å²) in [6, 6.07) is 4.71. The minimum absolute atomic E-state index is 0. The van der Waals surface area contributed by atoms with Crippen molar-refractivity contribution in [2.24, 2.45) is 11.7 Å². The monoisotopic (exact) mass is 317 g/mol. The second-order valence-corrected chi connectivity index (χ2v) is 5.00. The van der Waals surface area contributed by atoms with Crippen molar-refractivity contribution >= 4 is 41.5 Å². The molecule has 0 aliphatic carbocycles. The summed E-state index contributed by atoms with van der Waals surface area (Å²) in [6.07, 6.45) is 1.86. The van der Waals surface area contributed by atoms with Crippen LogP contribution in [0.1, 0.15) is 23.2 Å². The summed E-state index contributed by atoms with van der Waals surface area (Å²) in [5.41, 5.74) is 5.96. The number of nitrogens with two attached hydrogens (primary N) is 1. The van der Waals surface area contributed by atoms with Gasteiger partial charge in [0.25, 0.3) is 0 Å². The standard InChI is InChI=1S/C13H16ClN3O2.ClH/c14-11-4-3-9(6-10(11)12(15)18)17-13(19)8-2-1-5-16-7-8;/h3-4,6,8,16H,1-2,5,7H2,(H2,15,18)(H,17,19);1H. The number of carbonyl (C=O) groups excluding carboxylic acids is 2. The zero-order valence-corrected chi connectivity index (χ0v) is 12.4. The molecule has 1 aliphatic heterocycles. The summed E-state index contributed by atoms with van der Waals surface area (Å²) < 4.78 is 0. The Hall–Kier alpha value is -1.30. The SMILES string of the molecule is Cl.NC(=O)c1cc(NC(=O)C2CCCNC2)ccc1Cl. The van der Waals surface area contributed by atoms with Crippen LogP contribution in [0.25, 0.3) is 0 Å². The summed E-state index contributed by atoms with van der Waals surface area (Å²) in [5.74, 6) is -0.702. The second kappa shape index (κ2) is 7.47. The fourth-order valence-electron chi connectivity index (χ4n) is 2.11. The van der Waals surface area contributed by atoms with Crippen molar-refractivity contribution in [2.75, 3.05) is 18.4 Å². The number of hydrogen-bond donors (Lipinski definition) is 3. The molecule has 4 N–H and O–H groups in total. The van der Waals surface area contributed by atoms with E-state index in [1.54, 1.807) is 12.1 Å². The van der Waals surface area contributed by atoms with Crippen LogP contribution < -0.4 is 16.4 Å². The zero-order chi connectivity index (χ0) is 13.8. The molecule has 20 heavy (non-hydrogen) atoms. The van der Waals surface area contributed by atoms with Crippen molar-refractivity contribution in [3.05, 3.63) is 28.8 Å². The molecular weight excluding hydrogens is 301 g/mol. The number of primary amides is 1. The molecule has 1 heterocycles. The summed E-state index contributed by atoms with van der Waals surface area (Å²) in [5, 5.41) is 6.26. The van der Waals surface area contributed by atoms with Crippen LogP contribution in [0.2, 0.25) is 5.02 Å². The summed E-state index contributed by atoms with van der Waals surface area (Å²) in [7, 11) is 0. The maximum Gasteiger partial charge on any atom is 0.250 e.